The van der Waals surface area contributed by atoms with Gasteiger partial charge in [0.05, 0.1) is 19.0 Å². The quantitative estimate of drug-likeness (QED) is 0.0442. The molecule has 1 saturated heterocycles. The highest BCUT2D eigenvalue weighted by molar-refractivity contribution is 7.80. The van der Waals surface area contributed by atoms with E-state index in [-0.39, 0.29) is 55.7 Å². The van der Waals surface area contributed by atoms with Crippen LogP contribution in [0.3, 0.4) is 0 Å². The average molecular weight is 924 g/mol. The Labute approximate surface area is 379 Å². The Bertz CT molecular complexity index is 1760. The number of nitrogens with two attached hydrogens (primary N) is 1. The van der Waals surface area contributed by atoms with Gasteiger partial charge in [0.1, 0.15) is 48.3 Å². The van der Waals surface area contributed by atoms with Gasteiger partial charge in [-0.1, -0.05) is 41.5 Å². The third kappa shape index (κ3) is 17.7. The predicted molar refractivity (Wildman–Crippen MR) is 237 cm³/mol. The molecule has 1 fully saturated rings. The Morgan fingerprint density at radius 1 is 0.703 bits per heavy atom. The number of aromatic nitrogens is 2. The molecule has 0 radical (unpaired) electrons. The molecule has 2 heterocycles. The Morgan fingerprint density at radius 2 is 1.20 bits per heavy atom. The van der Waals surface area contributed by atoms with E-state index in [1.165, 1.54) is 31.3 Å². The average Bonchev–Trinajstić information content (AvgIpc) is 3.93. The number of thiol groups is 1. The fourth-order valence-corrected chi connectivity index (χ4v) is 7.15. The van der Waals surface area contributed by atoms with Crippen LogP contribution in [0.4, 0.5) is 0 Å². The van der Waals surface area contributed by atoms with Crippen molar-refractivity contribution in [3.63, 3.8) is 0 Å². The Morgan fingerprint density at radius 3 is 1.73 bits per heavy atom. The van der Waals surface area contributed by atoms with Crippen LogP contribution >= 0.6 is 12.6 Å². The summed E-state index contributed by atoms with van der Waals surface area (Å²) in [6.07, 6.45) is 3.95. The number of aliphatic hydroxyl groups is 1. The maximum absolute atomic E-state index is 14.1. The van der Waals surface area contributed by atoms with Crippen LogP contribution in [0.5, 0.6) is 0 Å². The van der Waals surface area contributed by atoms with Crippen LogP contribution in [-0.4, -0.2) is 152 Å². The van der Waals surface area contributed by atoms with Gasteiger partial charge in [-0.15, -0.1) is 0 Å². The fraction of sp³-hybridized carbons (Fsp3) is 0.707. The van der Waals surface area contributed by atoms with E-state index in [1.807, 2.05) is 27.7 Å². The number of carboxylic acids is 1. The van der Waals surface area contributed by atoms with Gasteiger partial charge in [0.2, 0.25) is 47.3 Å². The van der Waals surface area contributed by atoms with Gasteiger partial charge in [-0.2, -0.15) is 12.6 Å². The van der Waals surface area contributed by atoms with Crippen molar-refractivity contribution in [3.05, 3.63) is 18.2 Å². The van der Waals surface area contributed by atoms with E-state index in [2.05, 4.69) is 59.8 Å². The Balaban J connectivity index is 2.20. The zero-order chi connectivity index (χ0) is 48.4. The van der Waals surface area contributed by atoms with Crippen LogP contribution < -0.4 is 43.0 Å². The smallest absolute Gasteiger partial charge is 0.326 e. The lowest BCUT2D eigenvalue weighted by Gasteiger charge is -2.31. The molecule has 0 bridgehead atoms. The number of carboxylic acid groups (broad SMARTS) is 1. The highest BCUT2D eigenvalue weighted by atomic mass is 32.1. The van der Waals surface area contributed by atoms with E-state index in [0.717, 1.165) is 0 Å². The number of aromatic amines is 1. The first-order valence-corrected chi connectivity index (χ1v) is 22.2. The molecular formula is C41H69N11O11S. The van der Waals surface area contributed by atoms with Crippen molar-refractivity contribution in [2.45, 2.75) is 148 Å². The molecule has 2 rings (SSSR count). The van der Waals surface area contributed by atoms with Crippen molar-refractivity contribution in [1.82, 2.24) is 52.1 Å². The first-order valence-electron chi connectivity index (χ1n) is 21.6. The summed E-state index contributed by atoms with van der Waals surface area (Å²) in [6.45, 7) is 13.2. The molecule has 1 aliphatic heterocycles. The lowest BCUT2D eigenvalue weighted by molar-refractivity contribution is -0.143. The summed E-state index contributed by atoms with van der Waals surface area (Å²) in [5.41, 5.74) is 6.34. The van der Waals surface area contributed by atoms with E-state index in [9.17, 15) is 53.4 Å². The van der Waals surface area contributed by atoms with Crippen LogP contribution in [0.15, 0.2) is 12.5 Å². The summed E-state index contributed by atoms with van der Waals surface area (Å²) in [7, 11) is 0. The SMILES string of the molecule is CC(C)C[C@H](NC(=O)[C@H](CS)NC(=O)[C@H](CO)NC(=O)[C@H](Cc1cnc[nH]1)NC(=O)[C@@H]1CCCN1C(=O)[C@H](CC(C)C)NC(=O)[C@H](C)NC(=O)[C@H](C)NC(=O)[C@@H](N)CC(C)C)C(=O)O. The van der Waals surface area contributed by atoms with Gasteiger partial charge in [0, 0.05) is 30.6 Å². The molecule has 8 amide bonds. The van der Waals surface area contributed by atoms with Crippen LogP contribution in [0.1, 0.15) is 93.2 Å². The van der Waals surface area contributed by atoms with Crippen LogP contribution in [-0.2, 0) is 49.6 Å². The van der Waals surface area contributed by atoms with Gasteiger partial charge in [-0.05, 0) is 63.7 Å². The number of aliphatic carboxylic acids is 1. The minimum atomic E-state index is -1.62. The molecule has 1 aromatic rings. The van der Waals surface area contributed by atoms with Crippen molar-refractivity contribution >= 4 is 65.9 Å². The molecular weight excluding hydrogens is 855 g/mol. The normalized spacial score (nSPS) is 17.5. The summed E-state index contributed by atoms with van der Waals surface area (Å²) in [5.74, 6) is -7.38. The number of aliphatic hydroxyl groups excluding tert-OH is 1. The second-order valence-electron chi connectivity index (χ2n) is 17.4. The van der Waals surface area contributed by atoms with E-state index in [4.69, 9.17) is 5.73 Å². The minimum Gasteiger partial charge on any atom is -0.480 e. The minimum absolute atomic E-state index is 0.0731. The van der Waals surface area contributed by atoms with Gasteiger partial charge in [-0.25, -0.2) is 9.78 Å². The molecule has 22 nitrogen and oxygen atoms in total. The second-order valence-corrected chi connectivity index (χ2v) is 17.8. The lowest BCUT2D eigenvalue weighted by Crippen LogP contribution is -2.61. The molecule has 64 heavy (non-hydrogen) atoms. The summed E-state index contributed by atoms with van der Waals surface area (Å²) in [4.78, 5) is 127. The van der Waals surface area contributed by atoms with Gasteiger partial charge in [0.15, 0.2) is 0 Å². The number of imidazole rings is 1. The number of nitrogens with zero attached hydrogens (tertiary/aromatic N) is 2. The zero-order valence-electron chi connectivity index (χ0n) is 37.9. The standard InChI is InChI=1S/C41H69N11O11S/c1-20(2)12-26(42)35(56)46-23(7)33(54)45-24(8)34(55)48-28(13-21(3)4)40(61)52-11-9-10-32(52)39(60)47-27(15-25-16-43-19-44-25)36(57)50-30(17-53)37(58)51-31(18-64)38(59)49-29(41(62)63)14-22(5)6/h16,19-24,26-32,53,64H,9-15,17-18,42H2,1-8H3,(H,43,44)(H,45,54)(H,46,56)(H,47,60)(H,48,55)(H,49,59)(H,50,57)(H,51,58)(H,62,63)/t23-,24-,26-,27-,28-,29-,30-,31-,32-/m0/s1. The van der Waals surface area contributed by atoms with Crippen LogP contribution in [0.2, 0.25) is 0 Å². The number of H-pyrrole nitrogens is 1. The van der Waals surface area contributed by atoms with Crippen molar-refractivity contribution < 1.29 is 53.4 Å². The molecule has 1 aliphatic rings. The fourth-order valence-electron chi connectivity index (χ4n) is 6.89. The summed E-state index contributed by atoms with van der Waals surface area (Å²) in [6, 6.07) is -10.7. The third-order valence-corrected chi connectivity index (χ3v) is 10.7. The van der Waals surface area contributed by atoms with E-state index in [1.54, 1.807) is 13.8 Å². The van der Waals surface area contributed by atoms with Gasteiger partial charge >= 0.3 is 5.97 Å². The highest BCUT2D eigenvalue weighted by Crippen LogP contribution is 2.21. The number of rotatable bonds is 26. The Hall–Kier alpha value is -5.29. The maximum atomic E-state index is 14.1. The molecule has 0 saturated carbocycles. The van der Waals surface area contributed by atoms with Crippen molar-refractivity contribution in [1.29, 1.82) is 0 Å². The van der Waals surface area contributed by atoms with Gasteiger partial charge in [0.25, 0.3) is 0 Å². The van der Waals surface area contributed by atoms with Gasteiger partial charge < -0.3 is 63.0 Å². The molecule has 12 N–H and O–H groups in total. The van der Waals surface area contributed by atoms with E-state index >= 15 is 0 Å². The van der Waals surface area contributed by atoms with Crippen molar-refractivity contribution in [2.24, 2.45) is 23.5 Å². The van der Waals surface area contributed by atoms with Crippen molar-refractivity contribution in [3.8, 4) is 0 Å². The Kier molecular flexibility index (Phi) is 22.7. The number of carbonyl (C=O) groups excluding carboxylic acids is 8. The molecule has 0 spiro atoms. The topological polar surface area (TPSA) is 336 Å². The number of likely N-dealkylation sites (tertiary alicyclic amines) is 1. The zero-order valence-corrected chi connectivity index (χ0v) is 38.8. The predicted octanol–water partition coefficient (Wildman–Crippen LogP) is -2.15. The molecule has 9 atom stereocenters. The highest BCUT2D eigenvalue weighted by Gasteiger charge is 2.40. The number of amides is 8. The number of hydrogen-bond acceptors (Lipinski definition) is 13. The summed E-state index contributed by atoms with van der Waals surface area (Å²) >= 11 is 4.11. The number of carbonyl (C=O) groups is 9. The van der Waals surface area contributed by atoms with E-state index in [0.29, 0.717) is 18.5 Å². The first-order chi connectivity index (χ1) is 30.0. The molecule has 360 valence electrons. The van der Waals surface area contributed by atoms with Crippen LogP contribution in [0.25, 0.3) is 0 Å². The largest absolute Gasteiger partial charge is 0.480 e. The summed E-state index contributed by atoms with van der Waals surface area (Å²) in [5, 5.41) is 37.3. The molecule has 1 aromatic heterocycles. The molecule has 0 unspecified atom stereocenters. The monoisotopic (exact) mass is 923 g/mol. The maximum Gasteiger partial charge on any atom is 0.326 e. The lowest BCUT2D eigenvalue weighted by atomic mass is 10.0. The molecule has 0 aromatic carbocycles. The van der Waals surface area contributed by atoms with Crippen molar-refractivity contribution in [2.75, 3.05) is 18.9 Å². The van der Waals surface area contributed by atoms with E-state index < -0.39 is 114 Å². The number of hydrogen-bond donors (Lipinski definition) is 12. The molecule has 0 aliphatic carbocycles. The first kappa shape index (κ1) is 54.8. The third-order valence-electron chi connectivity index (χ3n) is 10.3. The van der Waals surface area contributed by atoms with Gasteiger partial charge in [-0.3, -0.25) is 38.4 Å². The van der Waals surface area contributed by atoms with Crippen LogP contribution in [0, 0.1) is 17.8 Å². The number of nitrogens with one attached hydrogen (secondary N) is 8. The molecule has 23 heteroatoms. The summed E-state index contributed by atoms with van der Waals surface area (Å²) < 4.78 is 0. The second kappa shape index (κ2) is 26.5.